The number of carbonyl (C=O) groups is 1. The molecule has 0 fully saturated rings. The van der Waals surface area contributed by atoms with E-state index in [2.05, 4.69) is 16.6 Å². The van der Waals surface area contributed by atoms with E-state index in [1.165, 1.54) is 5.56 Å². The summed E-state index contributed by atoms with van der Waals surface area (Å²) >= 11 is 0. The van der Waals surface area contributed by atoms with Crippen molar-refractivity contribution in [1.82, 2.24) is 5.43 Å². The Morgan fingerprint density at radius 2 is 1.91 bits per heavy atom. The van der Waals surface area contributed by atoms with Crippen molar-refractivity contribution >= 4 is 12.1 Å². The Hall–Kier alpha value is -2.62. The number of rotatable bonds is 5. The molecule has 0 atom stereocenters. The van der Waals surface area contributed by atoms with Crippen molar-refractivity contribution in [2.45, 2.75) is 27.7 Å². The number of hydrogen-bond acceptors (Lipinski definition) is 3. The number of ether oxygens (including phenoxy) is 1. The van der Waals surface area contributed by atoms with Crippen LogP contribution in [-0.2, 0) is 4.79 Å². The number of hydrazone groups is 1. The first-order valence-corrected chi connectivity index (χ1v) is 7.55. The van der Waals surface area contributed by atoms with Gasteiger partial charge >= 0.3 is 0 Å². The predicted molar refractivity (Wildman–Crippen MR) is 93.1 cm³/mol. The van der Waals surface area contributed by atoms with Gasteiger partial charge in [-0.2, -0.15) is 5.10 Å². The summed E-state index contributed by atoms with van der Waals surface area (Å²) in [5.74, 6) is 0.436. The van der Waals surface area contributed by atoms with Crippen molar-refractivity contribution in [3.63, 3.8) is 0 Å². The van der Waals surface area contributed by atoms with Gasteiger partial charge < -0.3 is 4.74 Å². The topological polar surface area (TPSA) is 50.7 Å². The van der Waals surface area contributed by atoms with Gasteiger partial charge in [-0.3, -0.25) is 4.79 Å². The highest BCUT2D eigenvalue weighted by Crippen LogP contribution is 2.20. The van der Waals surface area contributed by atoms with Crippen LogP contribution >= 0.6 is 0 Å². The maximum Gasteiger partial charge on any atom is 0.277 e. The van der Waals surface area contributed by atoms with Crippen molar-refractivity contribution < 1.29 is 9.53 Å². The average molecular weight is 310 g/mol. The van der Waals surface area contributed by atoms with Crippen molar-refractivity contribution in [3.05, 3.63) is 64.2 Å². The molecule has 0 saturated heterocycles. The molecular weight excluding hydrogens is 288 g/mol. The predicted octanol–water partition coefficient (Wildman–Crippen LogP) is 3.45. The lowest BCUT2D eigenvalue weighted by atomic mass is 10.1. The van der Waals surface area contributed by atoms with Gasteiger partial charge in [-0.1, -0.05) is 35.9 Å². The molecule has 0 aliphatic rings. The number of nitrogens with zero attached hydrogens (tertiary/aromatic N) is 1. The second kappa shape index (κ2) is 7.58. The Labute approximate surface area is 137 Å². The fourth-order valence-electron chi connectivity index (χ4n) is 2.20. The van der Waals surface area contributed by atoms with Gasteiger partial charge in [-0.05, 0) is 56.0 Å². The number of carbonyl (C=O) groups excluding carboxylic acids is 1. The Morgan fingerprint density at radius 3 is 2.65 bits per heavy atom. The van der Waals surface area contributed by atoms with Crippen LogP contribution in [0.5, 0.6) is 5.75 Å². The van der Waals surface area contributed by atoms with Crippen LogP contribution in [0.2, 0.25) is 0 Å². The molecule has 4 heteroatoms. The molecule has 1 amide bonds. The van der Waals surface area contributed by atoms with Crippen molar-refractivity contribution in [3.8, 4) is 5.75 Å². The van der Waals surface area contributed by atoms with Gasteiger partial charge in [-0.25, -0.2) is 5.43 Å². The SMILES string of the molecule is Cc1ccc(/C=N/NC(=O)COc2cccc(C)c2C)c(C)c1. The second-order valence-corrected chi connectivity index (χ2v) is 5.64. The first-order valence-electron chi connectivity index (χ1n) is 7.55. The summed E-state index contributed by atoms with van der Waals surface area (Å²) in [6.07, 6.45) is 1.64. The van der Waals surface area contributed by atoms with Gasteiger partial charge in [0.05, 0.1) is 6.21 Å². The first-order chi connectivity index (χ1) is 11.0. The molecular formula is C19H22N2O2. The van der Waals surface area contributed by atoms with E-state index in [1.807, 2.05) is 58.0 Å². The van der Waals surface area contributed by atoms with Crippen LogP contribution in [-0.4, -0.2) is 18.7 Å². The van der Waals surface area contributed by atoms with Gasteiger partial charge in [0.1, 0.15) is 5.75 Å². The van der Waals surface area contributed by atoms with Crippen molar-refractivity contribution in [2.75, 3.05) is 6.61 Å². The molecule has 23 heavy (non-hydrogen) atoms. The van der Waals surface area contributed by atoms with Gasteiger partial charge in [0.15, 0.2) is 6.61 Å². The summed E-state index contributed by atoms with van der Waals surface area (Å²) < 4.78 is 5.54. The molecule has 0 aromatic heterocycles. The van der Waals surface area contributed by atoms with Crippen LogP contribution in [0, 0.1) is 27.7 Å². The fourth-order valence-corrected chi connectivity index (χ4v) is 2.20. The standard InChI is InChI=1S/C19H22N2O2/c1-13-8-9-17(15(3)10-13)11-20-21-19(22)12-23-18-7-5-6-14(2)16(18)4/h5-11H,12H2,1-4H3,(H,21,22)/b20-11+. The first kappa shape index (κ1) is 16.7. The van der Waals surface area contributed by atoms with Gasteiger partial charge in [-0.15, -0.1) is 0 Å². The van der Waals surface area contributed by atoms with Gasteiger partial charge in [0, 0.05) is 0 Å². The van der Waals surface area contributed by atoms with E-state index >= 15 is 0 Å². The number of nitrogens with one attached hydrogen (secondary N) is 1. The summed E-state index contributed by atoms with van der Waals surface area (Å²) in [7, 11) is 0. The Kier molecular flexibility index (Phi) is 5.52. The third-order valence-electron chi connectivity index (χ3n) is 3.73. The van der Waals surface area contributed by atoms with E-state index in [4.69, 9.17) is 4.74 Å². The smallest absolute Gasteiger partial charge is 0.277 e. The largest absolute Gasteiger partial charge is 0.483 e. The van der Waals surface area contributed by atoms with Crippen LogP contribution in [0.25, 0.3) is 0 Å². The lowest BCUT2D eigenvalue weighted by Gasteiger charge is -2.09. The summed E-state index contributed by atoms with van der Waals surface area (Å²) in [5, 5.41) is 3.98. The van der Waals surface area contributed by atoms with Gasteiger partial charge in [0.25, 0.3) is 5.91 Å². The Balaban J connectivity index is 1.87. The lowest BCUT2D eigenvalue weighted by Crippen LogP contribution is -2.24. The zero-order valence-corrected chi connectivity index (χ0v) is 14.0. The quantitative estimate of drug-likeness (QED) is 0.679. The third-order valence-corrected chi connectivity index (χ3v) is 3.73. The van der Waals surface area contributed by atoms with E-state index in [-0.39, 0.29) is 12.5 Å². The molecule has 0 bridgehead atoms. The monoisotopic (exact) mass is 310 g/mol. The molecule has 2 aromatic rings. The zero-order valence-electron chi connectivity index (χ0n) is 14.0. The molecule has 0 aliphatic heterocycles. The molecule has 0 spiro atoms. The van der Waals surface area contributed by atoms with Crippen molar-refractivity contribution in [2.24, 2.45) is 5.10 Å². The van der Waals surface area contributed by atoms with E-state index in [1.54, 1.807) is 6.21 Å². The minimum absolute atomic E-state index is 0.0610. The maximum absolute atomic E-state index is 11.8. The molecule has 0 saturated carbocycles. The summed E-state index contributed by atoms with van der Waals surface area (Å²) in [4.78, 5) is 11.8. The molecule has 0 unspecified atom stereocenters. The molecule has 0 heterocycles. The lowest BCUT2D eigenvalue weighted by molar-refractivity contribution is -0.123. The minimum atomic E-state index is -0.285. The number of amides is 1. The average Bonchev–Trinajstić information content (AvgIpc) is 2.51. The molecule has 120 valence electrons. The van der Waals surface area contributed by atoms with Crippen LogP contribution in [0.15, 0.2) is 41.5 Å². The summed E-state index contributed by atoms with van der Waals surface area (Å²) in [6.45, 7) is 7.98. The highest BCUT2D eigenvalue weighted by molar-refractivity contribution is 5.84. The van der Waals surface area contributed by atoms with Crippen LogP contribution in [0.1, 0.15) is 27.8 Å². The molecule has 0 aliphatic carbocycles. The van der Waals surface area contributed by atoms with E-state index < -0.39 is 0 Å². The van der Waals surface area contributed by atoms with E-state index in [0.717, 1.165) is 28.0 Å². The molecule has 2 aromatic carbocycles. The number of aryl methyl sites for hydroxylation is 3. The van der Waals surface area contributed by atoms with E-state index in [9.17, 15) is 4.79 Å². The normalized spacial score (nSPS) is 10.8. The summed E-state index contributed by atoms with van der Waals surface area (Å²) in [5.41, 5.74) is 7.96. The Bertz CT molecular complexity index is 736. The number of hydrogen-bond donors (Lipinski definition) is 1. The zero-order chi connectivity index (χ0) is 16.8. The van der Waals surface area contributed by atoms with Crippen LogP contribution < -0.4 is 10.2 Å². The molecule has 0 radical (unpaired) electrons. The second-order valence-electron chi connectivity index (χ2n) is 5.64. The molecule has 1 N–H and O–H groups in total. The molecule has 4 nitrogen and oxygen atoms in total. The highest BCUT2D eigenvalue weighted by atomic mass is 16.5. The van der Waals surface area contributed by atoms with Crippen LogP contribution in [0.4, 0.5) is 0 Å². The number of benzene rings is 2. The van der Waals surface area contributed by atoms with E-state index in [0.29, 0.717) is 0 Å². The van der Waals surface area contributed by atoms with Gasteiger partial charge in [0.2, 0.25) is 0 Å². The van der Waals surface area contributed by atoms with Crippen LogP contribution in [0.3, 0.4) is 0 Å². The highest BCUT2D eigenvalue weighted by Gasteiger charge is 2.05. The Morgan fingerprint density at radius 1 is 1.13 bits per heavy atom. The third kappa shape index (κ3) is 4.68. The summed E-state index contributed by atoms with van der Waals surface area (Å²) in [6, 6.07) is 11.8. The minimum Gasteiger partial charge on any atom is -0.483 e. The molecule has 2 rings (SSSR count). The fraction of sp³-hybridized carbons (Fsp3) is 0.263. The van der Waals surface area contributed by atoms with Crippen molar-refractivity contribution in [1.29, 1.82) is 0 Å². The maximum atomic E-state index is 11.8.